The van der Waals surface area contributed by atoms with E-state index in [1.165, 1.54) is 29.0 Å². The molecule has 4 N–H and O–H groups in total. The lowest BCUT2D eigenvalue weighted by Crippen LogP contribution is -2.33. The minimum absolute atomic E-state index is 0.0435. The molecule has 3 aromatic rings. The maximum absolute atomic E-state index is 11.2. The molecule has 0 spiro atoms. The number of aliphatic hydroxyl groups is 2. The lowest BCUT2D eigenvalue weighted by molar-refractivity contribution is -0.0353. The summed E-state index contributed by atoms with van der Waals surface area (Å²) in [5, 5.41) is 26.5. The minimum Gasteiger partial charge on any atom is -0.497 e. The third-order valence-corrected chi connectivity index (χ3v) is 7.01. The van der Waals surface area contributed by atoms with E-state index < -0.39 is 34.6 Å². The number of sulfonamides is 1. The first-order chi connectivity index (χ1) is 15.3. The van der Waals surface area contributed by atoms with Crippen molar-refractivity contribution >= 4 is 32.9 Å². The highest BCUT2D eigenvalue weighted by molar-refractivity contribution is 7.98. The normalized spacial score (nSPS) is 23.6. The second-order valence-corrected chi connectivity index (χ2v) is 10.0. The van der Waals surface area contributed by atoms with Crippen LogP contribution in [-0.2, 0) is 20.5 Å². The molecule has 1 saturated heterocycles. The number of thioether (sulfide) groups is 1. The molecule has 172 valence electrons. The van der Waals surface area contributed by atoms with Gasteiger partial charge in [-0.3, -0.25) is 4.57 Å². The molecule has 13 heteroatoms. The second-order valence-electron chi connectivity index (χ2n) is 7.34. The molecule has 1 fully saturated rings. The van der Waals surface area contributed by atoms with Gasteiger partial charge in [0, 0.05) is 5.75 Å². The van der Waals surface area contributed by atoms with Gasteiger partial charge in [-0.05, 0) is 24.1 Å². The summed E-state index contributed by atoms with van der Waals surface area (Å²) in [6, 6.07) is 7.70. The zero-order chi connectivity index (χ0) is 22.9. The molecule has 1 aliphatic rings. The fraction of sp³-hybridized carbons (Fsp3) is 0.421. The number of imidazole rings is 1. The Labute approximate surface area is 188 Å². The van der Waals surface area contributed by atoms with Crippen LogP contribution in [0.2, 0.25) is 0 Å². The van der Waals surface area contributed by atoms with E-state index in [0.717, 1.165) is 11.3 Å². The molecule has 0 saturated carbocycles. The highest BCUT2D eigenvalue weighted by Crippen LogP contribution is 2.34. The molecule has 1 aliphatic heterocycles. The van der Waals surface area contributed by atoms with Crippen LogP contribution in [0.25, 0.3) is 11.2 Å². The Balaban J connectivity index is 1.52. The smallest absolute Gasteiger partial charge is 0.209 e. The van der Waals surface area contributed by atoms with E-state index in [9.17, 15) is 18.6 Å². The van der Waals surface area contributed by atoms with Gasteiger partial charge < -0.3 is 19.7 Å². The third kappa shape index (κ3) is 4.87. The Morgan fingerprint density at radius 1 is 1.19 bits per heavy atom. The summed E-state index contributed by atoms with van der Waals surface area (Å²) in [7, 11) is -2.10. The van der Waals surface area contributed by atoms with Crippen molar-refractivity contribution in [2.24, 2.45) is 5.14 Å². The van der Waals surface area contributed by atoms with Gasteiger partial charge in [-0.2, -0.15) is 0 Å². The number of fused-ring (bicyclic) bond motifs is 1. The SMILES string of the molecule is COc1ccc(CSc2ncnc3c2ncn3[C@@H]2O[C@H](CCS(N)(=O)=O)[C@@H](O)[C@H]2O)cc1. The molecule has 32 heavy (non-hydrogen) atoms. The van der Waals surface area contributed by atoms with Gasteiger partial charge in [-0.15, -0.1) is 0 Å². The second kappa shape index (κ2) is 9.29. The monoisotopic (exact) mass is 481 g/mol. The maximum atomic E-state index is 11.2. The average molecular weight is 482 g/mol. The van der Waals surface area contributed by atoms with Crippen molar-refractivity contribution in [3.8, 4) is 5.75 Å². The number of nitrogens with zero attached hydrogens (tertiary/aromatic N) is 4. The van der Waals surface area contributed by atoms with Crippen LogP contribution in [0, 0.1) is 0 Å². The van der Waals surface area contributed by atoms with Crippen molar-refractivity contribution in [1.82, 2.24) is 19.5 Å². The first-order valence-corrected chi connectivity index (χ1v) is 12.4. The fourth-order valence-electron chi connectivity index (χ4n) is 3.47. The summed E-state index contributed by atoms with van der Waals surface area (Å²) in [5.74, 6) is 1.06. The average Bonchev–Trinajstić information content (AvgIpc) is 3.32. The zero-order valence-electron chi connectivity index (χ0n) is 17.1. The molecule has 0 unspecified atom stereocenters. The molecule has 4 rings (SSSR count). The van der Waals surface area contributed by atoms with Gasteiger partial charge in [0.1, 0.15) is 34.8 Å². The zero-order valence-corrected chi connectivity index (χ0v) is 18.7. The number of methoxy groups -OCH3 is 1. The molecule has 3 heterocycles. The molecule has 1 aromatic carbocycles. The van der Waals surface area contributed by atoms with Crippen LogP contribution in [0.3, 0.4) is 0 Å². The molecule has 0 aliphatic carbocycles. The van der Waals surface area contributed by atoms with Crippen molar-refractivity contribution in [3.63, 3.8) is 0 Å². The Bertz CT molecular complexity index is 1190. The number of benzene rings is 1. The molecule has 2 aromatic heterocycles. The van der Waals surface area contributed by atoms with Crippen LogP contribution in [-0.4, -0.2) is 69.3 Å². The third-order valence-electron chi connectivity index (χ3n) is 5.16. The van der Waals surface area contributed by atoms with E-state index in [-0.39, 0.29) is 12.2 Å². The first kappa shape index (κ1) is 22.9. The van der Waals surface area contributed by atoms with E-state index >= 15 is 0 Å². The van der Waals surface area contributed by atoms with Gasteiger partial charge in [-0.1, -0.05) is 23.9 Å². The highest BCUT2D eigenvalue weighted by atomic mass is 32.2. The van der Waals surface area contributed by atoms with Crippen LogP contribution in [0.1, 0.15) is 18.2 Å². The van der Waals surface area contributed by atoms with Crippen LogP contribution in [0.5, 0.6) is 5.75 Å². The van der Waals surface area contributed by atoms with Crippen LogP contribution < -0.4 is 9.88 Å². The summed E-state index contributed by atoms with van der Waals surface area (Å²) >= 11 is 1.48. The number of primary sulfonamides is 1. The van der Waals surface area contributed by atoms with Crippen molar-refractivity contribution < 1.29 is 28.1 Å². The van der Waals surface area contributed by atoms with Gasteiger partial charge >= 0.3 is 0 Å². The number of hydrogen-bond acceptors (Lipinski definition) is 10. The summed E-state index contributed by atoms with van der Waals surface area (Å²) in [4.78, 5) is 13.0. The Kier molecular flexibility index (Phi) is 6.65. The van der Waals surface area contributed by atoms with Crippen LogP contribution in [0.4, 0.5) is 0 Å². The van der Waals surface area contributed by atoms with Crippen molar-refractivity contribution in [3.05, 3.63) is 42.5 Å². The molecule has 0 radical (unpaired) electrons. The number of aromatic nitrogens is 4. The molecular formula is C19H23N5O6S2. The molecule has 4 atom stereocenters. The molecule has 11 nitrogen and oxygen atoms in total. The van der Waals surface area contributed by atoms with E-state index in [0.29, 0.717) is 21.9 Å². The number of nitrogens with two attached hydrogens (primary N) is 1. The summed E-state index contributed by atoms with van der Waals surface area (Å²) < 4.78 is 34.9. The van der Waals surface area contributed by atoms with Gasteiger partial charge in [0.05, 0.1) is 25.3 Å². The van der Waals surface area contributed by atoms with Gasteiger partial charge in [-0.25, -0.2) is 28.5 Å². The van der Waals surface area contributed by atoms with E-state index in [1.54, 1.807) is 7.11 Å². The summed E-state index contributed by atoms with van der Waals surface area (Å²) in [5.41, 5.74) is 2.04. The van der Waals surface area contributed by atoms with Crippen molar-refractivity contribution in [2.75, 3.05) is 12.9 Å². The highest BCUT2D eigenvalue weighted by Gasteiger charge is 2.44. The predicted octanol–water partition coefficient (Wildman–Crippen LogP) is 0.425. The largest absolute Gasteiger partial charge is 0.497 e. The molecule has 0 amide bonds. The molecule has 0 bridgehead atoms. The Morgan fingerprint density at radius 3 is 2.62 bits per heavy atom. The molecular weight excluding hydrogens is 458 g/mol. The summed E-state index contributed by atoms with van der Waals surface area (Å²) in [6.45, 7) is 0. The van der Waals surface area contributed by atoms with Crippen LogP contribution >= 0.6 is 11.8 Å². The van der Waals surface area contributed by atoms with Gasteiger partial charge in [0.25, 0.3) is 0 Å². The predicted molar refractivity (Wildman–Crippen MR) is 116 cm³/mol. The lowest BCUT2D eigenvalue weighted by atomic mass is 10.1. The fourth-order valence-corrected chi connectivity index (χ4v) is 4.93. The van der Waals surface area contributed by atoms with Crippen molar-refractivity contribution in [2.45, 2.75) is 41.7 Å². The number of rotatable bonds is 8. The topological polar surface area (TPSA) is 163 Å². The lowest BCUT2D eigenvalue weighted by Gasteiger charge is -2.16. The van der Waals surface area contributed by atoms with Gasteiger partial charge in [0.15, 0.2) is 11.9 Å². The summed E-state index contributed by atoms with van der Waals surface area (Å²) in [6.07, 6.45) is -1.62. The van der Waals surface area contributed by atoms with Gasteiger partial charge in [0.2, 0.25) is 10.0 Å². The van der Waals surface area contributed by atoms with Crippen molar-refractivity contribution in [1.29, 1.82) is 0 Å². The quantitative estimate of drug-likeness (QED) is 0.304. The number of ether oxygens (including phenoxy) is 2. The Morgan fingerprint density at radius 2 is 1.94 bits per heavy atom. The van der Waals surface area contributed by atoms with E-state index in [1.807, 2.05) is 24.3 Å². The minimum atomic E-state index is -3.72. The maximum Gasteiger partial charge on any atom is 0.209 e. The Hall–Kier alpha value is -2.29. The van der Waals surface area contributed by atoms with E-state index in [2.05, 4.69) is 15.0 Å². The first-order valence-electron chi connectivity index (χ1n) is 9.72. The number of aliphatic hydroxyl groups excluding tert-OH is 2. The van der Waals surface area contributed by atoms with Crippen LogP contribution in [0.15, 0.2) is 41.9 Å². The standard InChI is InChI=1S/C19H23N5O6S2/c1-29-12-4-2-11(3-5-12)8-31-18-14-17(21-9-22-18)24(10-23-14)19-16(26)15(25)13(30-19)6-7-32(20,27)28/h2-5,9-10,13,15-16,19,25-26H,6-8H2,1H3,(H2,20,27,28)/t13-,15-,16-,19-/m1/s1. The number of hydrogen-bond donors (Lipinski definition) is 3. The van der Waals surface area contributed by atoms with E-state index in [4.69, 9.17) is 14.6 Å².